The van der Waals surface area contributed by atoms with Crippen LogP contribution in [0.2, 0.25) is 0 Å². The Bertz CT molecular complexity index is 986. The van der Waals surface area contributed by atoms with Crippen molar-refractivity contribution in [1.82, 2.24) is 4.90 Å². The number of nitrogens with one attached hydrogen (secondary N) is 1. The molecule has 0 bridgehead atoms. The van der Waals surface area contributed by atoms with Crippen LogP contribution in [0.25, 0.3) is 0 Å². The van der Waals surface area contributed by atoms with E-state index in [1.54, 1.807) is 4.90 Å². The van der Waals surface area contributed by atoms with Gasteiger partial charge < -0.3 is 16.0 Å². The lowest BCUT2D eigenvalue weighted by atomic mass is 10.0. The van der Waals surface area contributed by atoms with Crippen LogP contribution in [0.5, 0.6) is 0 Å². The lowest BCUT2D eigenvalue weighted by Crippen LogP contribution is -2.35. The maximum atomic E-state index is 13.0. The number of primary amides is 1. The molecule has 0 saturated carbocycles. The lowest BCUT2D eigenvalue weighted by molar-refractivity contribution is -0.122. The van der Waals surface area contributed by atoms with Crippen molar-refractivity contribution in [3.8, 4) is 0 Å². The number of hydrogen-bond acceptors (Lipinski definition) is 5. The molecule has 4 rings (SSSR count). The van der Waals surface area contributed by atoms with Crippen LogP contribution >= 0.6 is 11.3 Å². The Morgan fingerprint density at radius 1 is 1.23 bits per heavy atom. The van der Waals surface area contributed by atoms with E-state index in [1.807, 2.05) is 30.3 Å². The van der Waals surface area contributed by atoms with E-state index in [9.17, 15) is 14.4 Å². The van der Waals surface area contributed by atoms with Gasteiger partial charge in [-0.2, -0.15) is 0 Å². The molecule has 0 radical (unpaired) electrons. The first-order chi connectivity index (χ1) is 14.3. The first kappa shape index (κ1) is 20.6. The van der Waals surface area contributed by atoms with Crippen LogP contribution in [0, 0.1) is 5.92 Å². The molecule has 7 nitrogen and oxygen atoms in total. The average Bonchev–Trinajstić information content (AvgIpc) is 3.28. The summed E-state index contributed by atoms with van der Waals surface area (Å²) in [4.78, 5) is 42.6. The van der Waals surface area contributed by atoms with Gasteiger partial charge in [0.2, 0.25) is 11.8 Å². The van der Waals surface area contributed by atoms with Gasteiger partial charge in [-0.1, -0.05) is 18.2 Å². The average molecular weight is 427 g/mol. The third kappa shape index (κ3) is 3.85. The summed E-state index contributed by atoms with van der Waals surface area (Å²) < 4.78 is 0. The second-order valence-electron chi connectivity index (χ2n) is 8.12. The molecule has 1 saturated heterocycles. The van der Waals surface area contributed by atoms with Crippen molar-refractivity contribution in [3.05, 3.63) is 46.3 Å². The minimum absolute atomic E-state index is 0.0745. The van der Waals surface area contributed by atoms with E-state index >= 15 is 0 Å². The Balaban J connectivity index is 1.53. The number of nitrogens with zero attached hydrogens (tertiary/aromatic N) is 2. The zero-order valence-electron chi connectivity index (χ0n) is 17.2. The molecule has 158 valence electrons. The molecule has 30 heavy (non-hydrogen) atoms. The Morgan fingerprint density at radius 3 is 2.63 bits per heavy atom. The van der Waals surface area contributed by atoms with E-state index in [1.165, 1.54) is 11.3 Å². The van der Waals surface area contributed by atoms with Crippen molar-refractivity contribution in [2.75, 3.05) is 23.3 Å². The number of anilines is 2. The second-order valence-corrected chi connectivity index (χ2v) is 9.22. The Labute approximate surface area is 179 Å². The predicted molar refractivity (Wildman–Crippen MR) is 118 cm³/mol. The molecule has 1 aromatic carbocycles. The third-order valence-electron chi connectivity index (χ3n) is 5.86. The van der Waals surface area contributed by atoms with Gasteiger partial charge >= 0.3 is 0 Å². The predicted octanol–water partition coefficient (Wildman–Crippen LogP) is 2.61. The van der Waals surface area contributed by atoms with Gasteiger partial charge in [0.1, 0.15) is 5.00 Å². The fraction of sp³-hybridized carbons (Fsp3) is 0.409. The molecular formula is C22H26N4O3S. The van der Waals surface area contributed by atoms with Crippen LogP contribution < -0.4 is 16.0 Å². The van der Waals surface area contributed by atoms with E-state index in [0.29, 0.717) is 23.2 Å². The standard InChI is InChI=1S/C22H26N4O3S/c1-13(2)25-9-8-16-17(12-25)30-22(19(16)20(23)28)24-21(29)14-10-18(27)26(11-14)15-6-4-3-5-7-15/h3-7,13-14H,8-12H2,1-2H3,(H2,23,28)(H,24,29). The Hall–Kier alpha value is -2.71. The highest BCUT2D eigenvalue weighted by Crippen LogP contribution is 2.38. The molecule has 3 heterocycles. The normalized spacial score (nSPS) is 19.2. The summed E-state index contributed by atoms with van der Waals surface area (Å²) in [6.07, 6.45) is 0.890. The molecule has 0 aliphatic carbocycles. The maximum absolute atomic E-state index is 13.0. The van der Waals surface area contributed by atoms with Crippen LogP contribution in [0.1, 0.15) is 41.1 Å². The van der Waals surface area contributed by atoms with Gasteiger partial charge in [-0.15, -0.1) is 11.3 Å². The van der Waals surface area contributed by atoms with Crippen molar-refractivity contribution in [3.63, 3.8) is 0 Å². The van der Waals surface area contributed by atoms with E-state index in [-0.39, 0.29) is 18.2 Å². The van der Waals surface area contributed by atoms with Crippen LogP contribution in [0.4, 0.5) is 10.7 Å². The van der Waals surface area contributed by atoms with Crippen LogP contribution in [-0.2, 0) is 22.6 Å². The molecule has 2 aromatic rings. The Kier molecular flexibility index (Phi) is 5.62. The molecule has 2 aliphatic rings. The summed E-state index contributed by atoms with van der Waals surface area (Å²) in [5.74, 6) is -1.31. The zero-order valence-corrected chi connectivity index (χ0v) is 18.0. The Morgan fingerprint density at radius 2 is 1.97 bits per heavy atom. The largest absolute Gasteiger partial charge is 0.365 e. The number of carbonyl (C=O) groups is 3. The highest BCUT2D eigenvalue weighted by molar-refractivity contribution is 7.17. The fourth-order valence-electron chi connectivity index (χ4n) is 4.17. The molecule has 1 aromatic heterocycles. The number of carbonyl (C=O) groups excluding carboxylic acids is 3. The van der Waals surface area contributed by atoms with E-state index < -0.39 is 11.8 Å². The van der Waals surface area contributed by atoms with Gasteiger partial charge in [0, 0.05) is 42.7 Å². The SMILES string of the molecule is CC(C)N1CCc2c(sc(NC(=O)C3CC(=O)N(c4ccccc4)C3)c2C(N)=O)C1. The fourth-order valence-corrected chi connectivity index (χ4v) is 5.45. The van der Waals surface area contributed by atoms with Gasteiger partial charge in [-0.25, -0.2) is 0 Å². The van der Waals surface area contributed by atoms with Crippen molar-refractivity contribution in [2.24, 2.45) is 11.7 Å². The van der Waals surface area contributed by atoms with Gasteiger partial charge in [0.15, 0.2) is 0 Å². The van der Waals surface area contributed by atoms with Crippen LogP contribution in [0.15, 0.2) is 30.3 Å². The number of hydrogen-bond donors (Lipinski definition) is 2. The number of thiophene rings is 1. The first-order valence-corrected chi connectivity index (χ1v) is 11.0. The second kappa shape index (κ2) is 8.20. The van der Waals surface area contributed by atoms with Gasteiger partial charge in [0.05, 0.1) is 11.5 Å². The number of fused-ring (bicyclic) bond motifs is 1. The number of rotatable bonds is 5. The summed E-state index contributed by atoms with van der Waals surface area (Å²) in [6.45, 7) is 6.22. The minimum Gasteiger partial charge on any atom is -0.365 e. The molecular weight excluding hydrogens is 400 g/mol. The highest BCUT2D eigenvalue weighted by Gasteiger charge is 2.36. The van der Waals surface area contributed by atoms with Crippen LogP contribution in [-0.4, -0.2) is 41.8 Å². The number of amides is 3. The summed E-state index contributed by atoms with van der Waals surface area (Å²) in [7, 11) is 0. The maximum Gasteiger partial charge on any atom is 0.251 e. The number of nitrogens with two attached hydrogens (primary N) is 1. The minimum atomic E-state index is -0.519. The first-order valence-electron chi connectivity index (χ1n) is 10.2. The summed E-state index contributed by atoms with van der Waals surface area (Å²) in [5.41, 5.74) is 7.83. The zero-order chi connectivity index (χ0) is 21.4. The summed E-state index contributed by atoms with van der Waals surface area (Å²) in [6, 6.07) is 9.74. The number of para-hydroxylation sites is 1. The third-order valence-corrected chi connectivity index (χ3v) is 7.00. The molecule has 1 unspecified atom stereocenters. The van der Waals surface area contributed by atoms with Gasteiger partial charge in [-0.3, -0.25) is 19.3 Å². The quantitative estimate of drug-likeness (QED) is 0.768. The molecule has 0 spiro atoms. The molecule has 8 heteroatoms. The number of benzene rings is 1. The van der Waals surface area contributed by atoms with Crippen LogP contribution in [0.3, 0.4) is 0 Å². The molecule has 1 fully saturated rings. The van der Waals surface area contributed by atoms with Gasteiger partial charge in [-0.05, 0) is 38.0 Å². The monoisotopic (exact) mass is 426 g/mol. The molecule has 2 aliphatic heterocycles. The van der Waals surface area contributed by atoms with E-state index in [0.717, 1.165) is 35.6 Å². The lowest BCUT2D eigenvalue weighted by Gasteiger charge is -2.30. The topological polar surface area (TPSA) is 95.7 Å². The molecule has 3 amide bonds. The van der Waals surface area contributed by atoms with Gasteiger partial charge in [0.25, 0.3) is 5.91 Å². The van der Waals surface area contributed by atoms with E-state index in [2.05, 4.69) is 24.1 Å². The highest BCUT2D eigenvalue weighted by atomic mass is 32.1. The smallest absolute Gasteiger partial charge is 0.251 e. The molecule has 3 N–H and O–H groups in total. The summed E-state index contributed by atoms with van der Waals surface area (Å²) in [5, 5.41) is 3.42. The molecule has 1 atom stereocenters. The summed E-state index contributed by atoms with van der Waals surface area (Å²) >= 11 is 1.42. The van der Waals surface area contributed by atoms with Crippen molar-refractivity contribution in [1.29, 1.82) is 0 Å². The van der Waals surface area contributed by atoms with Crippen molar-refractivity contribution in [2.45, 2.75) is 39.3 Å². The van der Waals surface area contributed by atoms with Crippen molar-refractivity contribution >= 4 is 39.7 Å². The van der Waals surface area contributed by atoms with E-state index in [4.69, 9.17) is 5.73 Å². The van der Waals surface area contributed by atoms with Crippen molar-refractivity contribution < 1.29 is 14.4 Å².